The number of carbonyl (C=O) groups excluding carboxylic acids is 2. The van der Waals surface area contributed by atoms with Crippen LogP contribution in [0.25, 0.3) is 0 Å². The normalized spacial score (nSPS) is 13.3. The molecule has 122 valence electrons. The Labute approximate surface area is 133 Å². The first-order valence-corrected chi connectivity index (χ1v) is 8.13. The highest BCUT2D eigenvalue weighted by Crippen LogP contribution is 2.12. The number of hydrogen-bond acceptors (Lipinski definition) is 2. The predicted octanol–water partition coefficient (Wildman–Crippen LogP) is 3.12. The molecule has 4 heteroatoms. The summed E-state index contributed by atoms with van der Waals surface area (Å²) in [6.45, 7) is 8.24. The molecule has 0 fully saturated rings. The van der Waals surface area contributed by atoms with Crippen LogP contribution in [0, 0.1) is 0 Å². The molecule has 0 aliphatic heterocycles. The monoisotopic (exact) mass is 304 g/mol. The van der Waals surface area contributed by atoms with Crippen molar-refractivity contribution in [3.63, 3.8) is 0 Å². The number of hydrogen-bond donors (Lipinski definition) is 1. The van der Waals surface area contributed by atoms with Crippen LogP contribution in [0.4, 0.5) is 0 Å². The summed E-state index contributed by atoms with van der Waals surface area (Å²) in [5.41, 5.74) is 1.04. The van der Waals surface area contributed by atoms with Gasteiger partial charge in [-0.3, -0.25) is 9.59 Å². The molecule has 0 saturated heterocycles. The van der Waals surface area contributed by atoms with E-state index >= 15 is 0 Å². The highest BCUT2D eigenvalue weighted by Gasteiger charge is 2.25. The molecule has 1 N–H and O–H groups in total. The summed E-state index contributed by atoms with van der Waals surface area (Å²) in [7, 11) is 0. The van der Waals surface area contributed by atoms with Crippen molar-refractivity contribution in [1.82, 2.24) is 10.2 Å². The zero-order valence-electron chi connectivity index (χ0n) is 14.1. The second kappa shape index (κ2) is 9.23. The van der Waals surface area contributed by atoms with Crippen molar-refractivity contribution >= 4 is 11.8 Å². The predicted molar refractivity (Wildman–Crippen MR) is 89.3 cm³/mol. The van der Waals surface area contributed by atoms with Gasteiger partial charge < -0.3 is 10.2 Å². The topological polar surface area (TPSA) is 49.4 Å². The molecule has 1 aromatic carbocycles. The van der Waals surface area contributed by atoms with E-state index in [1.165, 1.54) is 0 Å². The standard InChI is InChI=1S/C18H28N2O2/c1-5-10-17(21)20(13-16-11-8-7-9-12-16)15(4)18(22)19-14(3)6-2/h7-9,11-12,14-15H,5-6,10,13H2,1-4H3,(H,19,22)/t14-,15-/m1/s1. The van der Waals surface area contributed by atoms with E-state index in [0.717, 1.165) is 18.4 Å². The number of benzene rings is 1. The van der Waals surface area contributed by atoms with E-state index in [2.05, 4.69) is 5.32 Å². The van der Waals surface area contributed by atoms with Crippen molar-refractivity contribution in [2.75, 3.05) is 0 Å². The average Bonchev–Trinajstić information content (AvgIpc) is 2.52. The first-order valence-electron chi connectivity index (χ1n) is 8.13. The van der Waals surface area contributed by atoms with E-state index in [1.54, 1.807) is 11.8 Å². The lowest BCUT2D eigenvalue weighted by Gasteiger charge is -2.29. The fourth-order valence-corrected chi connectivity index (χ4v) is 2.19. The molecule has 2 atom stereocenters. The fraction of sp³-hybridized carbons (Fsp3) is 0.556. The van der Waals surface area contributed by atoms with Gasteiger partial charge in [0.1, 0.15) is 6.04 Å². The van der Waals surface area contributed by atoms with Crippen molar-refractivity contribution in [3.05, 3.63) is 35.9 Å². The van der Waals surface area contributed by atoms with Crippen molar-refractivity contribution < 1.29 is 9.59 Å². The van der Waals surface area contributed by atoms with Crippen LogP contribution >= 0.6 is 0 Å². The molecule has 2 amide bonds. The van der Waals surface area contributed by atoms with Gasteiger partial charge in [-0.2, -0.15) is 0 Å². The minimum Gasteiger partial charge on any atom is -0.352 e. The van der Waals surface area contributed by atoms with Crippen LogP contribution in [0.1, 0.15) is 52.5 Å². The third-order valence-corrected chi connectivity index (χ3v) is 3.83. The Morgan fingerprint density at radius 1 is 1.14 bits per heavy atom. The third-order valence-electron chi connectivity index (χ3n) is 3.83. The summed E-state index contributed by atoms with van der Waals surface area (Å²) in [6.07, 6.45) is 2.12. The minimum atomic E-state index is -0.465. The number of carbonyl (C=O) groups is 2. The van der Waals surface area contributed by atoms with Crippen LogP contribution in [-0.4, -0.2) is 28.8 Å². The third kappa shape index (κ3) is 5.51. The average molecular weight is 304 g/mol. The van der Waals surface area contributed by atoms with Gasteiger partial charge in [0.05, 0.1) is 0 Å². The molecule has 0 bridgehead atoms. The smallest absolute Gasteiger partial charge is 0.242 e. The Balaban J connectivity index is 2.84. The van der Waals surface area contributed by atoms with E-state index in [4.69, 9.17) is 0 Å². The molecule has 1 aromatic rings. The molecule has 0 spiro atoms. The summed E-state index contributed by atoms with van der Waals surface area (Å²) in [5, 5.41) is 2.96. The van der Waals surface area contributed by atoms with Gasteiger partial charge in [0.15, 0.2) is 0 Å². The van der Waals surface area contributed by atoms with Gasteiger partial charge in [-0.05, 0) is 32.3 Å². The van der Waals surface area contributed by atoms with Gasteiger partial charge in [-0.1, -0.05) is 44.2 Å². The summed E-state index contributed by atoms with van der Waals surface area (Å²) in [5.74, 6) is -0.0621. The molecular formula is C18H28N2O2. The maximum absolute atomic E-state index is 12.4. The summed E-state index contributed by atoms with van der Waals surface area (Å²) >= 11 is 0. The number of amides is 2. The highest BCUT2D eigenvalue weighted by atomic mass is 16.2. The Morgan fingerprint density at radius 2 is 1.77 bits per heavy atom. The molecule has 0 saturated carbocycles. The van der Waals surface area contributed by atoms with Crippen LogP contribution in [0.2, 0.25) is 0 Å². The van der Waals surface area contributed by atoms with E-state index in [0.29, 0.717) is 13.0 Å². The molecule has 0 unspecified atom stereocenters. The quantitative estimate of drug-likeness (QED) is 0.802. The lowest BCUT2D eigenvalue weighted by atomic mass is 10.1. The fourth-order valence-electron chi connectivity index (χ4n) is 2.19. The first kappa shape index (κ1) is 18.2. The van der Waals surface area contributed by atoms with Crippen LogP contribution in [0.15, 0.2) is 30.3 Å². The Bertz CT molecular complexity index is 473. The van der Waals surface area contributed by atoms with E-state index in [9.17, 15) is 9.59 Å². The Kier molecular flexibility index (Phi) is 7.64. The van der Waals surface area contributed by atoms with Crippen LogP contribution in [0.3, 0.4) is 0 Å². The number of rotatable bonds is 8. The molecule has 0 heterocycles. The first-order chi connectivity index (χ1) is 10.5. The van der Waals surface area contributed by atoms with Gasteiger partial charge in [0.25, 0.3) is 0 Å². The lowest BCUT2D eigenvalue weighted by Crippen LogP contribution is -2.49. The van der Waals surface area contributed by atoms with Crippen molar-refractivity contribution in [2.45, 2.75) is 65.6 Å². The van der Waals surface area contributed by atoms with Crippen LogP contribution in [-0.2, 0) is 16.1 Å². The summed E-state index contributed by atoms with van der Waals surface area (Å²) < 4.78 is 0. The lowest BCUT2D eigenvalue weighted by molar-refractivity contribution is -0.140. The maximum Gasteiger partial charge on any atom is 0.242 e. The van der Waals surface area contributed by atoms with E-state index in [1.807, 2.05) is 51.1 Å². The number of nitrogens with one attached hydrogen (secondary N) is 1. The second-order valence-electron chi connectivity index (χ2n) is 5.75. The minimum absolute atomic E-state index is 0.0261. The molecule has 4 nitrogen and oxygen atoms in total. The van der Waals surface area contributed by atoms with Gasteiger partial charge in [0, 0.05) is 19.0 Å². The molecule has 0 aliphatic rings. The molecular weight excluding hydrogens is 276 g/mol. The zero-order chi connectivity index (χ0) is 16.5. The second-order valence-corrected chi connectivity index (χ2v) is 5.75. The molecule has 0 aliphatic carbocycles. The summed E-state index contributed by atoms with van der Waals surface area (Å²) in [4.78, 5) is 26.4. The summed E-state index contributed by atoms with van der Waals surface area (Å²) in [6, 6.07) is 9.45. The van der Waals surface area contributed by atoms with Gasteiger partial charge >= 0.3 is 0 Å². The Hall–Kier alpha value is -1.84. The van der Waals surface area contributed by atoms with Crippen molar-refractivity contribution in [2.24, 2.45) is 0 Å². The molecule has 0 radical (unpaired) electrons. The van der Waals surface area contributed by atoms with Gasteiger partial charge in [0.2, 0.25) is 11.8 Å². The number of nitrogens with zero attached hydrogens (tertiary/aromatic N) is 1. The van der Waals surface area contributed by atoms with Crippen molar-refractivity contribution in [1.29, 1.82) is 0 Å². The molecule has 0 aromatic heterocycles. The molecule has 1 rings (SSSR count). The zero-order valence-corrected chi connectivity index (χ0v) is 14.1. The van der Waals surface area contributed by atoms with E-state index < -0.39 is 6.04 Å². The largest absolute Gasteiger partial charge is 0.352 e. The van der Waals surface area contributed by atoms with Gasteiger partial charge in [-0.25, -0.2) is 0 Å². The molecule has 22 heavy (non-hydrogen) atoms. The SMILES string of the molecule is CCCC(=O)N(Cc1ccccc1)[C@H](C)C(=O)N[C@H](C)CC. The van der Waals surface area contributed by atoms with Crippen LogP contribution in [0.5, 0.6) is 0 Å². The van der Waals surface area contributed by atoms with Crippen LogP contribution < -0.4 is 5.32 Å². The van der Waals surface area contributed by atoms with Gasteiger partial charge in [-0.15, -0.1) is 0 Å². The Morgan fingerprint density at radius 3 is 2.32 bits per heavy atom. The van der Waals surface area contributed by atoms with E-state index in [-0.39, 0.29) is 17.9 Å². The maximum atomic E-state index is 12.4. The highest BCUT2D eigenvalue weighted by molar-refractivity contribution is 5.87. The van der Waals surface area contributed by atoms with Crippen molar-refractivity contribution in [3.8, 4) is 0 Å².